The van der Waals surface area contributed by atoms with Crippen LogP contribution in [0.2, 0.25) is 10.0 Å². The molecule has 0 atom stereocenters. The Morgan fingerprint density at radius 1 is 1.00 bits per heavy atom. The van der Waals surface area contributed by atoms with Gasteiger partial charge in [-0.25, -0.2) is 8.42 Å². The fourth-order valence-corrected chi connectivity index (χ4v) is 2.69. The third-order valence-electron chi connectivity index (χ3n) is 2.94. The number of benzene rings is 2. The summed E-state index contributed by atoms with van der Waals surface area (Å²) in [6.07, 6.45) is 4.14. The summed E-state index contributed by atoms with van der Waals surface area (Å²) in [4.78, 5) is 12.2. The second-order valence-electron chi connectivity index (χ2n) is 4.67. The average molecular weight is 355 g/mol. The van der Waals surface area contributed by atoms with Gasteiger partial charge in [-0.05, 0) is 48.0 Å². The molecule has 0 unspecified atom stereocenters. The summed E-state index contributed by atoms with van der Waals surface area (Å²) in [5.41, 5.74) is 1.15. The predicted molar refractivity (Wildman–Crippen MR) is 89.4 cm³/mol. The maximum Gasteiger partial charge on any atom is 0.185 e. The smallest absolute Gasteiger partial charge is 0.185 e. The monoisotopic (exact) mass is 354 g/mol. The quantitative estimate of drug-likeness (QED) is 0.607. The lowest BCUT2D eigenvalue weighted by molar-refractivity contribution is 0.104. The number of rotatable bonds is 4. The van der Waals surface area contributed by atoms with E-state index in [1.807, 2.05) is 0 Å². The van der Waals surface area contributed by atoms with Crippen LogP contribution in [0.5, 0.6) is 0 Å². The van der Waals surface area contributed by atoms with Gasteiger partial charge in [-0.3, -0.25) is 4.79 Å². The lowest BCUT2D eigenvalue weighted by Gasteiger charge is -2.00. The van der Waals surface area contributed by atoms with E-state index in [1.165, 1.54) is 30.3 Å². The third-order valence-corrected chi connectivity index (χ3v) is 4.81. The molecular weight excluding hydrogens is 343 g/mol. The Kier molecular flexibility index (Phi) is 5.06. The van der Waals surface area contributed by atoms with Crippen molar-refractivity contribution < 1.29 is 13.2 Å². The van der Waals surface area contributed by atoms with Crippen LogP contribution in [0.4, 0.5) is 0 Å². The molecule has 0 aliphatic heterocycles. The molecule has 3 nitrogen and oxygen atoms in total. The van der Waals surface area contributed by atoms with Gasteiger partial charge in [-0.15, -0.1) is 0 Å². The topological polar surface area (TPSA) is 51.2 Å². The van der Waals surface area contributed by atoms with E-state index in [4.69, 9.17) is 23.2 Å². The van der Waals surface area contributed by atoms with Crippen LogP contribution in [-0.4, -0.2) is 20.5 Å². The van der Waals surface area contributed by atoms with Crippen LogP contribution in [0.1, 0.15) is 15.9 Å². The first-order chi connectivity index (χ1) is 10.3. The number of ketones is 1. The molecule has 0 heterocycles. The Hall–Kier alpha value is -1.62. The maximum atomic E-state index is 12.0. The molecule has 22 heavy (non-hydrogen) atoms. The van der Waals surface area contributed by atoms with Gasteiger partial charge < -0.3 is 0 Å². The number of carbonyl (C=O) groups excluding carboxylic acids is 1. The second-order valence-corrected chi connectivity index (χ2v) is 7.50. The predicted octanol–water partition coefficient (Wildman–Crippen LogP) is 4.29. The molecule has 0 aliphatic carbocycles. The molecular formula is C16H12Cl2O3S. The highest BCUT2D eigenvalue weighted by molar-refractivity contribution is 7.90. The first kappa shape index (κ1) is 16.7. The van der Waals surface area contributed by atoms with Crippen molar-refractivity contribution in [3.63, 3.8) is 0 Å². The lowest BCUT2D eigenvalue weighted by Crippen LogP contribution is -1.99. The number of halogens is 2. The van der Waals surface area contributed by atoms with E-state index in [1.54, 1.807) is 24.3 Å². The lowest BCUT2D eigenvalue weighted by atomic mass is 10.1. The van der Waals surface area contributed by atoms with E-state index < -0.39 is 9.84 Å². The van der Waals surface area contributed by atoms with Crippen molar-refractivity contribution in [2.45, 2.75) is 4.90 Å². The molecule has 6 heteroatoms. The molecule has 0 spiro atoms. The number of sulfone groups is 1. The summed E-state index contributed by atoms with van der Waals surface area (Å²) < 4.78 is 22.7. The van der Waals surface area contributed by atoms with Crippen molar-refractivity contribution in [1.29, 1.82) is 0 Å². The number of hydrogen-bond donors (Lipinski definition) is 0. The van der Waals surface area contributed by atoms with E-state index in [-0.39, 0.29) is 10.7 Å². The number of hydrogen-bond acceptors (Lipinski definition) is 3. The van der Waals surface area contributed by atoms with Gasteiger partial charge in [0.1, 0.15) is 0 Å². The third kappa shape index (κ3) is 4.19. The second kappa shape index (κ2) is 6.65. The average Bonchev–Trinajstić information content (AvgIpc) is 2.47. The molecule has 2 aromatic rings. The molecule has 0 aliphatic rings. The van der Waals surface area contributed by atoms with Crippen molar-refractivity contribution in [2.75, 3.05) is 6.26 Å². The largest absolute Gasteiger partial charge is 0.289 e. The first-order valence-electron chi connectivity index (χ1n) is 6.25. The normalized spacial score (nSPS) is 11.8. The van der Waals surface area contributed by atoms with Gasteiger partial charge in [-0.2, -0.15) is 0 Å². The molecule has 0 aromatic heterocycles. The number of carbonyl (C=O) groups is 1. The van der Waals surface area contributed by atoms with Crippen molar-refractivity contribution in [1.82, 2.24) is 0 Å². The van der Waals surface area contributed by atoms with Gasteiger partial charge in [0.25, 0.3) is 0 Å². The highest BCUT2D eigenvalue weighted by atomic mass is 35.5. The van der Waals surface area contributed by atoms with Gasteiger partial charge in [0, 0.05) is 11.8 Å². The molecule has 2 rings (SSSR count). The molecule has 2 aromatic carbocycles. The minimum atomic E-state index is -3.27. The van der Waals surface area contributed by atoms with Crippen molar-refractivity contribution in [3.8, 4) is 0 Å². The van der Waals surface area contributed by atoms with E-state index >= 15 is 0 Å². The van der Waals surface area contributed by atoms with E-state index in [9.17, 15) is 13.2 Å². The zero-order valence-electron chi connectivity index (χ0n) is 11.6. The van der Waals surface area contributed by atoms with Crippen molar-refractivity contribution in [2.24, 2.45) is 0 Å². The van der Waals surface area contributed by atoms with Crippen LogP contribution in [0, 0.1) is 0 Å². The van der Waals surface area contributed by atoms with Crippen LogP contribution < -0.4 is 0 Å². The minimum absolute atomic E-state index is 0.178. The summed E-state index contributed by atoms with van der Waals surface area (Å²) in [5.74, 6) is -0.230. The standard InChI is InChI=1S/C16H12Cl2O3S/c1-22(20,21)13-6-4-12(5-7-13)16(19)9-3-11-2-8-14(17)15(18)10-11/h2-10H,1H3/b9-3+. The van der Waals surface area contributed by atoms with Crippen LogP contribution >= 0.6 is 23.2 Å². The zero-order valence-corrected chi connectivity index (χ0v) is 13.9. The van der Waals surface area contributed by atoms with E-state index in [0.29, 0.717) is 15.6 Å². The molecule has 0 saturated carbocycles. The molecule has 0 bridgehead atoms. The van der Waals surface area contributed by atoms with Gasteiger partial charge in [0.2, 0.25) is 0 Å². The highest BCUT2D eigenvalue weighted by Gasteiger charge is 2.08. The summed E-state index contributed by atoms with van der Waals surface area (Å²) in [6, 6.07) is 10.8. The van der Waals surface area contributed by atoms with Crippen LogP contribution in [0.3, 0.4) is 0 Å². The Morgan fingerprint density at radius 3 is 2.18 bits per heavy atom. The molecule has 114 valence electrons. The van der Waals surface area contributed by atoms with Gasteiger partial charge in [-0.1, -0.05) is 35.3 Å². The van der Waals surface area contributed by atoms with E-state index in [0.717, 1.165) is 11.8 Å². The Bertz CT molecular complexity index is 838. The van der Waals surface area contributed by atoms with Crippen molar-refractivity contribution in [3.05, 3.63) is 69.7 Å². The molecule has 0 radical (unpaired) electrons. The molecule has 0 N–H and O–H groups in total. The van der Waals surface area contributed by atoms with Gasteiger partial charge in [0.05, 0.1) is 14.9 Å². The highest BCUT2D eigenvalue weighted by Crippen LogP contribution is 2.23. The van der Waals surface area contributed by atoms with Crippen LogP contribution in [-0.2, 0) is 9.84 Å². The van der Waals surface area contributed by atoms with Gasteiger partial charge >= 0.3 is 0 Å². The molecule has 0 fully saturated rings. The Morgan fingerprint density at radius 2 is 1.64 bits per heavy atom. The zero-order chi connectivity index (χ0) is 16.3. The van der Waals surface area contributed by atoms with Crippen LogP contribution in [0.25, 0.3) is 6.08 Å². The summed E-state index contributed by atoms with van der Waals surface area (Å²) >= 11 is 11.7. The van der Waals surface area contributed by atoms with Crippen LogP contribution in [0.15, 0.2) is 53.4 Å². The van der Waals surface area contributed by atoms with Crippen molar-refractivity contribution >= 4 is 44.9 Å². The van der Waals surface area contributed by atoms with Gasteiger partial charge in [0.15, 0.2) is 15.6 Å². The van der Waals surface area contributed by atoms with E-state index in [2.05, 4.69) is 0 Å². The maximum absolute atomic E-state index is 12.0. The SMILES string of the molecule is CS(=O)(=O)c1ccc(C(=O)/C=C/c2ccc(Cl)c(Cl)c2)cc1. The Balaban J connectivity index is 2.18. The summed E-state index contributed by atoms with van der Waals surface area (Å²) in [6.45, 7) is 0. The minimum Gasteiger partial charge on any atom is -0.289 e. The summed E-state index contributed by atoms with van der Waals surface area (Å²) in [5, 5.41) is 0.857. The summed E-state index contributed by atoms with van der Waals surface area (Å²) in [7, 11) is -3.27. The Labute approximate surface area is 139 Å². The first-order valence-corrected chi connectivity index (χ1v) is 8.90. The number of allylic oxidation sites excluding steroid dienone is 1. The molecule has 0 amide bonds. The molecule has 0 saturated heterocycles. The fraction of sp³-hybridized carbons (Fsp3) is 0.0625. The fourth-order valence-electron chi connectivity index (χ4n) is 1.75.